The van der Waals surface area contributed by atoms with Crippen molar-refractivity contribution < 1.29 is 4.74 Å². The summed E-state index contributed by atoms with van der Waals surface area (Å²) >= 11 is 0. The van der Waals surface area contributed by atoms with E-state index in [-0.39, 0.29) is 0 Å². The Bertz CT molecular complexity index is 235. The average molecular weight is 183 g/mol. The summed E-state index contributed by atoms with van der Waals surface area (Å²) in [6.07, 6.45) is 5.63. The first-order chi connectivity index (χ1) is 6.36. The van der Waals surface area contributed by atoms with E-state index in [1.807, 2.05) is 10.9 Å². The Morgan fingerprint density at radius 1 is 1.62 bits per heavy atom. The Kier molecular flexibility index (Phi) is 4.32. The third-order valence-corrected chi connectivity index (χ3v) is 1.68. The topological polar surface area (TPSA) is 53.1 Å². The van der Waals surface area contributed by atoms with Gasteiger partial charge in [0, 0.05) is 6.54 Å². The van der Waals surface area contributed by atoms with E-state index < -0.39 is 0 Å². The second-order valence-corrected chi connectivity index (χ2v) is 2.93. The number of nitrogens with two attached hydrogens (primary N) is 1. The molecule has 0 aromatic carbocycles. The number of ether oxygens (including phenoxy) is 1. The molecule has 0 atom stereocenters. The summed E-state index contributed by atoms with van der Waals surface area (Å²) in [5, 5.41) is 4.15. The van der Waals surface area contributed by atoms with Crippen molar-refractivity contribution in [3.63, 3.8) is 0 Å². The van der Waals surface area contributed by atoms with Crippen LogP contribution in [-0.4, -0.2) is 22.9 Å². The number of aryl methyl sites for hydroxylation is 1. The van der Waals surface area contributed by atoms with Crippen LogP contribution < -0.4 is 10.5 Å². The van der Waals surface area contributed by atoms with Gasteiger partial charge < -0.3 is 10.5 Å². The van der Waals surface area contributed by atoms with E-state index in [0.29, 0.717) is 13.2 Å². The predicted molar refractivity (Wildman–Crippen MR) is 51.7 cm³/mol. The minimum Gasteiger partial charge on any atom is -0.490 e. The van der Waals surface area contributed by atoms with E-state index >= 15 is 0 Å². The number of aromatic nitrogens is 2. The predicted octanol–water partition coefficient (Wildman–Crippen LogP) is 1.02. The lowest BCUT2D eigenvalue weighted by Gasteiger charge is -2.00. The van der Waals surface area contributed by atoms with Crippen molar-refractivity contribution in [3.05, 3.63) is 12.4 Å². The van der Waals surface area contributed by atoms with Crippen molar-refractivity contribution in [1.82, 2.24) is 9.78 Å². The van der Waals surface area contributed by atoms with Crippen molar-refractivity contribution in [1.29, 1.82) is 0 Å². The van der Waals surface area contributed by atoms with Gasteiger partial charge in [-0.15, -0.1) is 0 Å². The summed E-state index contributed by atoms with van der Waals surface area (Å²) < 4.78 is 7.30. The molecular weight excluding hydrogens is 166 g/mol. The molecule has 2 N–H and O–H groups in total. The third kappa shape index (κ3) is 3.46. The van der Waals surface area contributed by atoms with Crippen LogP contribution in [0, 0.1) is 0 Å². The van der Waals surface area contributed by atoms with Crippen molar-refractivity contribution in [2.75, 3.05) is 13.2 Å². The summed E-state index contributed by atoms with van der Waals surface area (Å²) in [4.78, 5) is 0. The second kappa shape index (κ2) is 5.59. The summed E-state index contributed by atoms with van der Waals surface area (Å²) in [6, 6.07) is 0. The highest BCUT2D eigenvalue weighted by atomic mass is 16.5. The third-order valence-electron chi connectivity index (χ3n) is 1.68. The van der Waals surface area contributed by atoms with Crippen molar-refractivity contribution >= 4 is 0 Å². The molecule has 0 unspecified atom stereocenters. The van der Waals surface area contributed by atoms with Crippen LogP contribution in [0.4, 0.5) is 0 Å². The van der Waals surface area contributed by atoms with E-state index in [0.717, 1.165) is 25.1 Å². The SMILES string of the molecule is CCCn1cc(OCCCN)cn1. The van der Waals surface area contributed by atoms with Gasteiger partial charge in [-0.25, -0.2) is 0 Å². The molecule has 0 radical (unpaired) electrons. The molecule has 0 aliphatic heterocycles. The van der Waals surface area contributed by atoms with Gasteiger partial charge >= 0.3 is 0 Å². The van der Waals surface area contributed by atoms with E-state index in [1.165, 1.54) is 0 Å². The summed E-state index contributed by atoms with van der Waals surface area (Å²) in [5.74, 6) is 0.835. The highest BCUT2D eigenvalue weighted by Crippen LogP contribution is 2.08. The van der Waals surface area contributed by atoms with Gasteiger partial charge in [-0.2, -0.15) is 5.10 Å². The smallest absolute Gasteiger partial charge is 0.157 e. The van der Waals surface area contributed by atoms with E-state index in [2.05, 4.69) is 12.0 Å². The first-order valence-electron chi connectivity index (χ1n) is 4.72. The van der Waals surface area contributed by atoms with Crippen LogP contribution in [0.25, 0.3) is 0 Å². The van der Waals surface area contributed by atoms with Crippen LogP contribution in [0.3, 0.4) is 0 Å². The summed E-state index contributed by atoms with van der Waals surface area (Å²) in [7, 11) is 0. The minimum absolute atomic E-state index is 0.670. The maximum atomic E-state index is 5.41. The Morgan fingerprint density at radius 3 is 3.15 bits per heavy atom. The number of nitrogens with zero attached hydrogens (tertiary/aromatic N) is 2. The number of hydrogen-bond donors (Lipinski definition) is 1. The maximum Gasteiger partial charge on any atom is 0.157 e. The molecule has 1 rings (SSSR count). The highest BCUT2D eigenvalue weighted by molar-refractivity contribution is 5.11. The molecule has 74 valence electrons. The maximum absolute atomic E-state index is 5.41. The molecule has 0 bridgehead atoms. The van der Waals surface area contributed by atoms with E-state index in [9.17, 15) is 0 Å². The molecule has 1 heterocycles. The van der Waals surface area contributed by atoms with Crippen molar-refractivity contribution in [2.45, 2.75) is 26.3 Å². The molecule has 1 aromatic heterocycles. The quantitative estimate of drug-likeness (QED) is 0.670. The Morgan fingerprint density at radius 2 is 2.46 bits per heavy atom. The largest absolute Gasteiger partial charge is 0.490 e. The zero-order valence-electron chi connectivity index (χ0n) is 8.07. The molecular formula is C9H17N3O. The molecule has 4 heteroatoms. The summed E-state index contributed by atoms with van der Waals surface area (Å²) in [5.41, 5.74) is 5.34. The molecule has 0 fully saturated rings. The van der Waals surface area contributed by atoms with Crippen LogP contribution in [0.15, 0.2) is 12.4 Å². The molecule has 0 amide bonds. The Balaban J connectivity index is 2.31. The van der Waals surface area contributed by atoms with Gasteiger partial charge in [0.15, 0.2) is 5.75 Å². The van der Waals surface area contributed by atoms with Gasteiger partial charge in [-0.1, -0.05) is 6.92 Å². The van der Waals surface area contributed by atoms with Crippen LogP contribution >= 0.6 is 0 Å². The van der Waals surface area contributed by atoms with Gasteiger partial charge in [0.1, 0.15) is 0 Å². The van der Waals surface area contributed by atoms with Gasteiger partial charge in [-0.05, 0) is 19.4 Å². The van der Waals surface area contributed by atoms with Gasteiger partial charge in [0.05, 0.1) is 19.0 Å². The standard InChI is InChI=1S/C9H17N3O/c1-2-5-12-8-9(7-11-12)13-6-3-4-10/h7-8H,2-6,10H2,1H3. The zero-order chi connectivity index (χ0) is 9.52. The van der Waals surface area contributed by atoms with Crippen molar-refractivity contribution in [3.8, 4) is 5.75 Å². The molecule has 0 spiro atoms. The molecule has 0 aliphatic carbocycles. The lowest BCUT2D eigenvalue weighted by Crippen LogP contribution is -2.05. The van der Waals surface area contributed by atoms with Crippen LogP contribution in [-0.2, 0) is 6.54 Å². The normalized spacial score (nSPS) is 10.3. The Hall–Kier alpha value is -1.03. The van der Waals surface area contributed by atoms with Crippen molar-refractivity contribution in [2.24, 2.45) is 5.73 Å². The zero-order valence-corrected chi connectivity index (χ0v) is 8.07. The second-order valence-electron chi connectivity index (χ2n) is 2.93. The monoisotopic (exact) mass is 183 g/mol. The molecule has 1 aromatic rings. The minimum atomic E-state index is 0.670. The summed E-state index contributed by atoms with van der Waals surface area (Å²) in [6.45, 7) is 4.41. The lowest BCUT2D eigenvalue weighted by atomic mass is 10.5. The lowest BCUT2D eigenvalue weighted by molar-refractivity contribution is 0.313. The molecule has 0 saturated heterocycles. The van der Waals surface area contributed by atoms with E-state index in [4.69, 9.17) is 10.5 Å². The molecule has 0 aliphatic rings. The fraction of sp³-hybridized carbons (Fsp3) is 0.667. The van der Waals surface area contributed by atoms with Crippen LogP contribution in [0.1, 0.15) is 19.8 Å². The van der Waals surface area contributed by atoms with Crippen LogP contribution in [0.5, 0.6) is 5.75 Å². The number of rotatable bonds is 6. The molecule has 13 heavy (non-hydrogen) atoms. The molecule has 0 saturated carbocycles. The van der Waals surface area contributed by atoms with Gasteiger partial charge in [-0.3, -0.25) is 4.68 Å². The number of hydrogen-bond acceptors (Lipinski definition) is 3. The first kappa shape index (κ1) is 10.1. The molecule has 4 nitrogen and oxygen atoms in total. The van der Waals surface area contributed by atoms with Gasteiger partial charge in [0.2, 0.25) is 0 Å². The highest BCUT2D eigenvalue weighted by Gasteiger charge is 1.97. The van der Waals surface area contributed by atoms with Crippen LogP contribution in [0.2, 0.25) is 0 Å². The average Bonchev–Trinajstić information content (AvgIpc) is 2.54. The fourth-order valence-electron chi connectivity index (χ4n) is 1.04. The Labute approximate surface area is 78.7 Å². The first-order valence-corrected chi connectivity index (χ1v) is 4.72. The van der Waals surface area contributed by atoms with Gasteiger partial charge in [0.25, 0.3) is 0 Å². The fourth-order valence-corrected chi connectivity index (χ4v) is 1.04. The van der Waals surface area contributed by atoms with E-state index in [1.54, 1.807) is 6.20 Å².